The largest absolute Gasteiger partial charge is 0.492 e. The summed E-state index contributed by atoms with van der Waals surface area (Å²) in [7, 11) is 0. The lowest BCUT2D eigenvalue weighted by molar-refractivity contribution is 0.0631. The van der Waals surface area contributed by atoms with Gasteiger partial charge in [0.1, 0.15) is 12.4 Å². The molecule has 0 fully saturated rings. The molecule has 0 spiro atoms. The van der Waals surface area contributed by atoms with Crippen LogP contribution in [0.1, 0.15) is 39.6 Å². The maximum Gasteiger partial charge on any atom is 0.261 e. The number of hydrogen-bond donors (Lipinski definition) is 0. The van der Waals surface area contributed by atoms with E-state index in [0.29, 0.717) is 17.7 Å². The molecule has 23 heavy (non-hydrogen) atoms. The molecule has 2 aromatic rings. The quantitative estimate of drug-likeness (QED) is 0.769. The van der Waals surface area contributed by atoms with Crippen molar-refractivity contribution in [3.8, 4) is 5.75 Å². The Bertz CT molecular complexity index is 687. The van der Waals surface area contributed by atoms with Crippen molar-refractivity contribution in [1.29, 1.82) is 0 Å². The molecule has 0 saturated carbocycles. The number of nitrogens with zero attached hydrogens (tertiary/aromatic N) is 1. The molecule has 0 N–H and O–H groups in total. The summed E-state index contributed by atoms with van der Waals surface area (Å²) in [6, 6.07) is 14.8. The van der Waals surface area contributed by atoms with Gasteiger partial charge in [0.25, 0.3) is 11.8 Å². The second kappa shape index (κ2) is 6.65. The number of aryl methyl sites for hydroxylation is 1. The van der Waals surface area contributed by atoms with Crippen LogP contribution in [0.3, 0.4) is 0 Å². The van der Waals surface area contributed by atoms with Gasteiger partial charge in [-0.3, -0.25) is 14.5 Å². The molecule has 2 aromatic carbocycles. The molecule has 0 unspecified atom stereocenters. The van der Waals surface area contributed by atoms with Crippen LogP contribution in [-0.4, -0.2) is 29.9 Å². The zero-order valence-electron chi connectivity index (χ0n) is 13.1. The van der Waals surface area contributed by atoms with Crippen molar-refractivity contribution in [2.75, 3.05) is 13.2 Å². The Labute approximate surface area is 135 Å². The third kappa shape index (κ3) is 3.11. The zero-order valence-corrected chi connectivity index (χ0v) is 13.1. The van der Waals surface area contributed by atoms with E-state index in [1.54, 1.807) is 24.3 Å². The van der Waals surface area contributed by atoms with Gasteiger partial charge in [-0.05, 0) is 36.2 Å². The van der Waals surface area contributed by atoms with Crippen LogP contribution in [0.2, 0.25) is 0 Å². The number of imide groups is 1. The fraction of sp³-hybridized carbons (Fsp3) is 0.263. The molecular formula is C19H19NO3. The Morgan fingerprint density at radius 1 is 0.913 bits per heavy atom. The van der Waals surface area contributed by atoms with Crippen molar-refractivity contribution in [3.05, 3.63) is 65.2 Å². The van der Waals surface area contributed by atoms with Gasteiger partial charge in [0.05, 0.1) is 17.7 Å². The average molecular weight is 309 g/mol. The lowest BCUT2D eigenvalue weighted by atomic mass is 10.1. The van der Waals surface area contributed by atoms with Crippen molar-refractivity contribution in [1.82, 2.24) is 4.90 Å². The van der Waals surface area contributed by atoms with E-state index in [1.165, 1.54) is 10.5 Å². The van der Waals surface area contributed by atoms with Gasteiger partial charge in [0, 0.05) is 0 Å². The van der Waals surface area contributed by atoms with Crippen molar-refractivity contribution < 1.29 is 14.3 Å². The molecule has 118 valence electrons. The topological polar surface area (TPSA) is 46.6 Å². The maximum absolute atomic E-state index is 12.2. The SMILES string of the molecule is CCCc1ccc(OCCN2C(=O)c3ccccc3C2=O)cc1. The average Bonchev–Trinajstić information content (AvgIpc) is 2.82. The Hall–Kier alpha value is -2.62. The summed E-state index contributed by atoms with van der Waals surface area (Å²) in [6.45, 7) is 2.69. The number of carbonyl (C=O) groups excluding carboxylic acids is 2. The Morgan fingerprint density at radius 2 is 1.52 bits per heavy atom. The minimum Gasteiger partial charge on any atom is -0.492 e. The molecule has 0 saturated heterocycles. The van der Waals surface area contributed by atoms with E-state index in [1.807, 2.05) is 24.3 Å². The highest BCUT2D eigenvalue weighted by atomic mass is 16.5. The van der Waals surface area contributed by atoms with Crippen molar-refractivity contribution in [2.45, 2.75) is 19.8 Å². The van der Waals surface area contributed by atoms with Crippen LogP contribution in [0.5, 0.6) is 5.75 Å². The second-order valence-corrected chi connectivity index (χ2v) is 5.55. The van der Waals surface area contributed by atoms with E-state index in [9.17, 15) is 9.59 Å². The Morgan fingerprint density at radius 3 is 2.09 bits per heavy atom. The van der Waals surface area contributed by atoms with Gasteiger partial charge in [-0.1, -0.05) is 37.6 Å². The highest BCUT2D eigenvalue weighted by molar-refractivity contribution is 6.21. The first-order chi connectivity index (χ1) is 11.2. The molecule has 3 rings (SSSR count). The van der Waals surface area contributed by atoms with E-state index in [4.69, 9.17) is 4.74 Å². The van der Waals surface area contributed by atoms with Gasteiger partial charge < -0.3 is 4.74 Å². The van der Waals surface area contributed by atoms with Crippen molar-refractivity contribution in [3.63, 3.8) is 0 Å². The van der Waals surface area contributed by atoms with Gasteiger partial charge in [-0.2, -0.15) is 0 Å². The molecule has 4 heteroatoms. The fourth-order valence-electron chi connectivity index (χ4n) is 2.74. The summed E-state index contributed by atoms with van der Waals surface area (Å²) in [5.41, 5.74) is 2.23. The number of fused-ring (bicyclic) bond motifs is 1. The number of rotatable bonds is 6. The number of hydrogen-bond acceptors (Lipinski definition) is 3. The molecule has 2 amide bonds. The first-order valence-electron chi connectivity index (χ1n) is 7.87. The van der Waals surface area contributed by atoms with Crippen LogP contribution in [0.25, 0.3) is 0 Å². The minimum atomic E-state index is -0.243. The Balaban J connectivity index is 1.57. The summed E-state index contributed by atoms with van der Waals surface area (Å²) in [5.74, 6) is 0.265. The van der Waals surface area contributed by atoms with Gasteiger partial charge in [-0.15, -0.1) is 0 Å². The van der Waals surface area contributed by atoms with E-state index in [-0.39, 0.29) is 18.4 Å². The maximum atomic E-state index is 12.2. The monoisotopic (exact) mass is 309 g/mol. The molecule has 0 atom stereocenters. The Kier molecular flexibility index (Phi) is 4.42. The molecule has 0 bridgehead atoms. The molecule has 1 heterocycles. The number of carbonyl (C=O) groups is 2. The number of benzene rings is 2. The van der Waals surface area contributed by atoms with Crippen molar-refractivity contribution in [2.24, 2.45) is 0 Å². The molecule has 0 radical (unpaired) electrons. The third-order valence-electron chi connectivity index (χ3n) is 3.92. The normalized spacial score (nSPS) is 13.3. The van der Waals surface area contributed by atoms with Crippen LogP contribution in [0, 0.1) is 0 Å². The molecule has 0 aliphatic carbocycles. The second-order valence-electron chi connectivity index (χ2n) is 5.55. The van der Waals surface area contributed by atoms with Crippen LogP contribution < -0.4 is 4.74 Å². The lowest BCUT2D eigenvalue weighted by Gasteiger charge is -2.14. The number of ether oxygens (including phenoxy) is 1. The van der Waals surface area contributed by atoms with Gasteiger partial charge >= 0.3 is 0 Å². The smallest absolute Gasteiger partial charge is 0.261 e. The van der Waals surface area contributed by atoms with Gasteiger partial charge in [0.15, 0.2) is 0 Å². The summed E-state index contributed by atoms with van der Waals surface area (Å²) < 4.78 is 5.65. The summed E-state index contributed by atoms with van der Waals surface area (Å²) >= 11 is 0. The molecule has 0 aromatic heterocycles. The number of amides is 2. The predicted octanol–water partition coefficient (Wildman–Crippen LogP) is 3.31. The van der Waals surface area contributed by atoms with Crippen molar-refractivity contribution >= 4 is 11.8 Å². The van der Waals surface area contributed by atoms with Gasteiger partial charge in [0.2, 0.25) is 0 Å². The lowest BCUT2D eigenvalue weighted by Crippen LogP contribution is -2.33. The minimum absolute atomic E-state index is 0.243. The van der Waals surface area contributed by atoms with Crippen LogP contribution in [0.15, 0.2) is 48.5 Å². The molecule has 1 aliphatic rings. The zero-order chi connectivity index (χ0) is 16.2. The molecule has 1 aliphatic heterocycles. The summed E-state index contributed by atoms with van der Waals surface area (Å²) in [5, 5.41) is 0. The highest BCUT2D eigenvalue weighted by Crippen LogP contribution is 2.22. The summed E-state index contributed by atoms with van der Waals surface area (Å²) in [6.07, 6.45) is 2.16. The third-order valence-corrected chi connectivity index (χ3v) is 3.92. The van der Waals surface area contributed by atoms with Crippen LogP contribution >= 0.6 is 0 Å². The van der Waals surface area contributed by atoms with Crippen LogP contribution in [-0.2, 0) is 6.42 Å². The summed E-state index contributed by atoms with van der Waals surface area (Å²) in [4.78, 5) is 25.7. The molecular weight excluding hydrogens is 290 g/mol. The molecule has 4 nitrogen and oxygen atoms in total. The fourth-order valence-corrected chi connectivity index (χ4v) is 2.74. The van der Waals surface area contributed by atoms with E-state index >= 15 is 0 Å². The van der Waals surface area contributed by atoms with Gasteiger partial charge in [-0.25, -0.2) is 0 Å². The first-order valence-corrected chi connectivity index (χ1v) is 7.87. The predicted molar refractivity (Wildman–Crippen MR) is 87.7 cm³/mol. The first kappa shape index (κ1) is 15.3. The highest BCUT2D eigenvalue weighted by Gasteiger charge is 2.34. The van der Waals surface area contributed by atoms with E-state index in [2.05, 4.69) is 6.92 Å². The van der Waals surface area contributed by atoms with E-state index in [0.717, 1.165) is 18.6 Å². The van der Waals surface area contributed by atoms with E-state index < -0.39 is 0 Å². The van der Waals surface area contributed by atoms with Crippen LogP contribution in [0.4, 0.5) is 0 Å². The standard InChI is InChI=1S/C19H19NO3/c1-2-5-14-8-10-15(11-9-14)23-13-12-20-18(21)16-6-3-4-7-17(16)19(20)22/h3-4,6-11H,2,5,12-13H2,1H3.